The minimum atomic E-state index is -1.74. The van der Waals surface area contributed by atoms with Gasteiger partial charge in [0.1, 0.15) is 17.0 Å². The molecule has 1 aromatic carbocycles. The Morgan fingerprint density at radius 3 is 2.32 bits per heavy atom. The predicted molar refractivity (Wildman–Crippen MR) is 102 cm³/mol. The summed E-state index contributed by atoms with van der Waals surface area (Å²) in [5.74, 6) is 0.238. The lowest BCUT2D eigenvalue weighted by Crippen LogP contribution is -2.60. The molecule has 0 fully saturated rings. The van der Waals surface area contributed by atoms with Gasteiger partial charge in [0.05, 0.1) is 26.6 Å². The van der Waals surface area contributed by atoms with Gasteiger partial charge in [0.2, 0.25) is 0 Å². The quantitative estimate of drug-likeness (QED) is 0.556. The second-order valence-electron chi connectivity index (χ2n) is 7.16. The Morgan fingerprint density at radius 1 is 1.14 bits per heavy atom. The fraction of sp³-hybridized carbons (Fsp3) is 0.353. The van der Waals surface area contributed by atoms with Crippen LogP contribution in [0.15, 0.2) is 39.7 Å². The van der Waals surface area contributed by atoms with Crippen LogP contribution >= 0.6 is 15.9 Å². The normalized spacial score (nSPS) is 22.8. The third-order valence-electron chi connectivity index (χ3n) is 5.09. The van der Waals surface area contributed by atoms with E-state index in [0.717, 1.165) is 16.8 Å². The Hall–Kier alpha value is -2.79. The van der Waals surface area contributed by atoms with Crippen LogP contribution in [0.25, 0.3) is 0 Å². The number of nitrogens with zero attached hydrogens (tertiary/aromatic N) is 3. The highest BCUT2D eigenvalue weighted by molar-refractivity contribution is 9.10. The standard InChI is InChI=1S/C17H16BrN3O7/c1-16(2)17(3,23)14(11-6-9(20(24)25)4-5-13(11)28-16)19-8-10(21(26)27)7-12(18)15(19)22/h4-8,14,23H,1-3H3. The van der Waals surface area contributed by atoms with E-state index in [9.17, 15) is 30.1 Å². The molecule has 1 aliphatic heterocycles. The Bertz CT molecular complexity index is 1060. The number of rotatable bonds is 3. The van der Waals surface area contributed by atoms with Gasteiger partial charge >= 0.3 is 0 Å². The first-order valence-corrected chi connectivity index (χ1v) is 8.92. The van der Waals surface area contributed by atoms with Crippen molar-refractivity contribution in [2.75, 3.05) is 0 Å². The first-order valence-electron chi connectivity index (χ1n) is 8.12. The summed E-state index contributed by atoms with van der Waals surface area (Å²) in [6.07, 6.45) is 1.01. The molecule has 0 amide bonds. The van der Waals surface area contributed by atoms with Crippen LogP contribution in [0.1, 0.15) is 32.4 Å². The van der Waals surface area contributed by atoms with E-state index < -0.39 is 32.6 Å². The molecule has 1 aromatic heterocycles. The molecule has 0 saturated heterocycles. The maximum atomic E-state index is 12.8. The first kappa shape index (κ1) is 20.0. The number of nitro benzene ring substituents is 1. The van der Waals surface area contributed by atoms with E-state index in [1.807, 2.05) is 0 Å². The van der Waals surface area contributed by atoms with Crippen molar-refractivity contribution in [1.82, 2.24) is 4.57 Å². The zero-order valence-corrected chi connectivity index (χ0v) is 16.7. The SMILES string of the molecule is CC1(C)Oc2ccc([N+](=O)[O-])cc2C(n2cc([N+](=O)[O-])cc(Br)c2=O)C1(C)O. The van der Waals surface area contributed by atoms with Gasteiger partial charge in [0.15, 0.2) is 0 Å². The van der Waals surface area contributed by atoms with E-state index in [4.69, 9.17) is 4.74 Å². The van der Waals surface area contributed by atoms with Gasteiger partial charge in [-0.3, -0.25) is 29.6 Å². The van der Waals surface area contributed by atoms with Crippen molar-refractivity contribution >= 4 is 27.3 Å². The van der Waals surface area contributed by atoms with E-state index in [0.29, 0.717) is 0 Å². The second kappa shape index (κ2) is 6.38. The summed E-state index contributed by atoms with van der Waals surface area (Å²) in [5.41, 5.74) is -4.05. The number of halogens is 1. The molecule has 2 atom stereocenters. The molecule has 148 valence electrons. The number of hydrogen-bond donors (Lipinski definition) is 1. The third kappa shape index (κ3) is 2.96. The third-order valence-corrected chi connectivity index (χ3v) is 5.66. The summed E-state index contributed by atoms with van der Waals surface area (Å²) in [5, 5.41) is 33.8. The second-order valence-corrected chi connectivity index (χ2v) is 8.01. The molecule has 10 nitrogen and oxygen atoms in total. The number of aliphatic hydroxyl groups is 1. The summed E-state index contributed by atoms with van der Waals surface area (Å²) in [6, 6.07) is 3.72. The molecule has 1 aliphatic rings. The summed E-state index contributed by atoms with van der Waals surface area (Å²) in [6.45, 7) is 4.61. The van der Waals surface area contributed by atoms with Crippen molar-refractivity contribution < 1.29 is 19.7 Å². The minimum Gasteiger partial charge on any atom is -0.484 e. The van der Waals surface area contributed by atoms with Gasteiger partial charge in [-0.25, -0.2) is 0 Å². The van der Waals surface area contributed by atoms with Crippen LogP contribution in [-0.4, -0.2) is 30.7 Å². The zero-order valence-electron chi connectivity index (χ0n) is 15.1. The van der Waals surface area contributed by atoms with Crippen LogP contribution in [0.3, 0.4) is 0 Å². The van der Waals surface area contributed by atoms with Gasteiger partial charge in [-0.1, -0.05) is 0 Å². The minimum absolute atomic E-state index is 0.0752. The number of ether oxygens (including phenoxy) is 1. The Kier molecular flexibility index (Phi) is 4.55. The van der Waals surface area contributed by atoms with Gasteiger partial charge < -0.3 is 9.84 Å². The lowest BCUT2D eigenvalue weighted by molar-refractivity contribution is -0.385. The van der Waals surface area contributed by atoms with Crippen molar-refractivity contribution in [3.63, 3.8) is 0 Å². The Balaban J connectivity index is 2.39. The van der Waals surface area contributed by atoms with Gasteiger partial charge in [-0.2, -0.15) is 0 Å². The fourth-order valence-electron chi connectivity index (χ4n) is 3.23. The van der Waals surface area contributed by atoms with Crippen molar-refractivity contribution in [3.05, 3.63) is 71.1 Å². The lowest BCUT2D eigenvalue weighted by atomic mass is 9.75. The largest absolute Gasteiger partial charge is 0.484 e. The lowest BCUT2D eigenvalue weighted by Gasteiger charge is -2.49. The highest BCUT2D eigenvalue weighted by atomic mass is 79.9. The molecule has 0 spiro atoms. The van der Waals surface area contributed by atoms with E-state index in [-0.39, 0.29) is 27.2 Å². The first-order chi connectivity index (χ1) is 12.9. The Labute approximate surface area is 166 Å². The van der Waals surface area contributed by atoms with Crippen LogP contribution in [0.2, 0.25) is 0 Å². The summed E-state index contributed by atoms with van der Waals surface area (Å²) >= 11 is 3.02. The highest BCUT2D eigenvalue weighted by Crippen LogP contribution is 2.48. The maximum absolute atomic E-state index is 12.8. The summed E-state index contributed by atoms with van der Waals surface area (Å²) < 4.78 is 6.77. The molecule has 0 aliphatic carbocycles. The molecular formula is C17H16BrN3O7. The number of fused-ring (bicyclic) bond motifs is 1. The van der Waals surface area contributed by atoms with Gasteiger partial charge in [-0.05, 0) is 42.8 Å². The molecule has 2 heterocycles. The van der Waals surface area contributed by atoms with Crippen LogP contribution in [0.5, 0.6) is 5.75 Å². The van der Waals surface area contributed by atoms with Crippen LogP contribution in [0.4, 0.5) is 11.4 Å². The predicted octanol–water partition coefficient (Wildman–Crippen LogP) is 2.94. The molecule has 1 N–H and O–H groups in total. The fourth-order valence-corrected chi connectivity index (χ4v) is 3.67. The van der Waals surface area contributed by atoms with Crippen LogP contribution in [-0.2, 0) is 0 Å². The topological polar surface area (TPSA) is 138 Å². The Morgan fingerprint density at radius 2 is 1.75 bits per heavy atom. The number of nitro groups is 2. The smallest absolute Gasteiger partial charge is 0.286 e. The van der Waals surface area contributed by atoms with Gasteiger partial charge in [0, 0.05) is 23.8 Å². The molecule has 11 heteroatoms. The number of hydrogen-bond acceptors (Lipinski definition) is 7. The van der Waals surface area contributed by atoms with E-state index in [2.05, 4.69) is 15.9 Å². The average molecular weight is 454 g/mol. The van der Waals surface area contributed by atoms with E-state index in [1.165, 1.54) is 25.1 Å². The van der Waals surface area contributed by atoms with Crippen LogP contribution < -0.4 is 10.3 Å². The van der Waals surface area contributed by atoms with Gasteiger partial charge in [0.25, 0.3) is 16.9 Å². The molecule has 0 radical (unpaired) electrons. The molecule has 0 bridgehead atoms. The van der Waals surface area contributed by atoms with Crippen molar-refractivity contribution in [3.8, 4) is 5.75 Å². The number of pyridine rings is 1. The maximum Gasteiger partial charge on any atom is 0.286 e. The molecule has 0 saturated carbocycles. The van der Waals surface area contributed by atoms with E-state index in [1.54, 1.807) is 13.8 Å². The molecular weight excluding hydrogens is 438 g/mol. The molecule has 3 rings (SSSR count). The number of non-ortho nitro benzene ring substituents is 1. The molecule has 2 unspecified atom stereocenters. The molecule has 28 heavy (non-hydrogen) atoms. The summed E-state index contributed by atoms with van der Waals surface area (Å²) in [7, 11) is 0. The van der Waals surface area contributed by atoms with Crippen LogP contribution in [0, 0.1) is 20.2 Å². The van der Waals surface area contributed by atoms with Crippen molar-refractivity contribution in [2.24, 2.45) is 0 Å². The van der Waals surface area contributed by atoms with E-state index >= 15 is 0 Å². The monoisotopic (exact) mass is 453 g/mol. The van der Waals surface area contributed by atoms with Gasteiger partial charge in [-0.15, -0.1) is 0 Å². The highest BCUT2D eigenvalue weighted by Gasteiger charge is 2.54. The number of benzene rings is 1. The average Bonchev–Trinajstić information content (AvgIpc) is 2.58. The summed E-state index contributed by atoms with van der Waals surface area (Å²) in [4.78, 5) is 34.0. The number of aromatic nitrogens is 1. The molecule has 2 aromatic rings. The van der Waals surface area contributed by atoms with Crippen molar-refractivity contribution in [1.29, 1.82) is 0 Å². The van der Waals surface area contributed by atoms with Crippen molar-refractivity contribution in [2.45, 2.75) is 38.0 Å². The zero-order chi connectivity index (χ0) is 21.0.